The van der Waals surface area contributed by atoms with Crippen molar-refractivity contribution in [3.63, 3.8) is 0 Å². The fraction of sp³-hybridized carbons (Fsp3) is 0.200. The van der Waals surface area contributed by atoms with Crippen LogP contribution in [0.4, 0.5) is 0 Å². The molecular formula is C20H22Pt. The van der Waals surface area contributed by atoms with E-state index in [9.17, 15) is 0 Å². The molecule has 0 amide bonds. The van der Waals surface area contributed by atoms with Gasteiger partial charge in [-0.2, -0.15) is 0 Å². The van der Waals surface area contributed by atoms with Gasteiger partial charge in [0, 0.05) is 21.1 Å². The van der Waals surface area contributed by atoms with Gasteiger partial charge in [-0.3, -0.25) is 0 Å². The van der Waals surface area contributed by atoms with Gasteiger partial charge in [-0.1, -0.05) is 85.0 Å². The smallest absolute Gasteiger partial charge is 0 e. The Kier molecular flexibility index (Phi) is 9.49. The SMILES string of the molecule is C1=CCC/C=C\CC1.[Pt].c1ccc(-c2ccccc2)cc1. The molecule has 0 unspecified atom stereocenters. The van der Waals surface area contributed by atoms with Crippen LogP contribution in [0.1, 0.15) is 25.7 Å². The molecule has 3 rings (SSSR count). The second-order valence-electron chi connectivity index (χ2n) is 4.83. The summed E-state index contributed by atoms with van der Waals surface area (Å²) >= 11 is 0. The maximum Gasteiger partial charge on any atom is 0 e. The predicted octanol–water partition coefficient (Wildman–Crippen LogP) is 6.02. The Morgan fingerprint density at radius 3 is 1.00 bits per heavy atom. The third-order valence-corrected chi connectivity index (χ3v) is 3.21. The molecule has 1 aliphatic carbocycles. The maximum absolute atomic E-state index is 2.27. The van der Waals surface area contributed by atoms with Crippen molar-refractivity contribution in [2.24, 2.45) is 0 Å². The van der Waals surface area contributed by atoms with Crippen molar-refractivity contribution in [3.05, 3.63) is 85.0 Å². The summed E-state index contributed by atoms with van der Waals surface area (Å²) in [4.78, 5) is 0. The molecule has 0 aliphatic heterocycles. The molecule has 21 heavy (non-hydrogen) atoms. The summed E-state index contributed by atoms with van der Waals surface area (Å²) in [7, 11) is 0. The maximum atomic E-state index is 2.27. The molecule has 0 saturated carbocycles. The van der Waals surface area contributed by atoms with E-state index in [1.165, 1.54) is 36.8 Å². The standard InChI is InChI=1S/C12H10.C8H12.Pt/c1-3-7-11(8-4-1)12-9-5-2-6-10-12;1-2-4-6-8-7-5-3-1;/h1-10H;1-2,7-8H,3-6H2;/b;2-1-,8-7?;. The minimum atomic E-state index is 0. The van der Waals surface area contributed by atoms with Crippen LogP contribution in [0, 0.1) is 0 Å². The molecule has 0 heterocycles. The van der Waals surface area contributed by atoms with Crippen molar-refractivity contribution in [2.45, 2.75) is 25.7 Å². The Morgan fingerprint density at radius 2 is 0.714 bits per heavy atom. The molecule has 0 saturated heterocycles. The minimum Gasteiger partial charge on any atom is -0.0882 e. The molecule has 0 radical (unpaired) electrons. The molecule has 0 N–H and O–H groups in total. The molecule has 0 atom stereocenters. The summed E-state index contributed by atoms with van der Waals surface area (Å²) < 4.78 is 0. The number of benzene rings is 2. The van der Waals surface area contributed by atoms with Gasteiger partial charge in [-0.05, 0) is 36.8 Å². The van der Waals surface area contributed by atoms with Crippen molar-refractivity contribution < 1.29 is 21.1 Å². The van der Waals surface area contributed by atoms with Crippen molar-refractivity contribution in [3.8, 4) is 11.1 Å². The summed E-state index contributed by atoms with van der Waals surface area (Å²) in [5, 5.41) is 0. The summed E-state index contributed by atoms with van der Waals surface area (Å²) in [6, 6.07) is 20.8. The third-order valence-electron chi connectivity index (χ3n) is 3.21. The van der Waals surface area contributed by atoms with Crippen LogP contribution in [0.3, 0.4) is 0 Å². The van der Waals surface area contributed by atoms with Gasteiger partial charge >= 0.3 is 0 Å². The zero-order chi connectivity index (χ0) is 13.9. The van der Waals surface area contributed by atoms with Gasteiger partial charge in [0.15, 0.2) is 0 Å². The zero-order valence-electron chi connectivity index (χ0n) is 12.2. The zero-order valence-corrected chi connectivity index (χ0v) is 14.5. The molecule has 0 aromatic heterocycles. The van der Waals surface area contributed by atoms with Crippen LogP contribution in [0.2, 0.25) is 0 Å². The molecular weight excluding hydrogens is 435 g/mol. The van der Waals surface area contributed by atoms with Crippen molar-refractivity contribution in [2.75, 3.05) is 0 Å². The van der Waals surface area contributed by atoms with Crippen LogP contribution in [0.5, 0.6) is 0 Å². The first kappa shape index (κ1) is 17.7. The van der Waals surface area contributed by atoms with Gasteiger partial charge in [0.1, 0.15) is 0 Å². The molecule has 0 nitrogen and oxygen atoms in total. The Balaban J connectivity index is 0.000000216. The van der Waals surface area contributed by atoms with E-state index in [4.69, 9.17) is 0 Å². The van der Waals surface area contributed by atoms with Gasteiger partial charge in [0.05, 0.1) is 0 Å². The summed E-state index contributed by atoms with van der Waals surface area (Å²) in [5.74, 6) is 0. The minimum absolute atomic E-state index is 0. The average molecular weight is 457 g/mol. The first-order valence-electron chi connectivity index (χ1n) is 7.37. The molecule has 1 heteroatoms. The van der Waals surface area contributed by atoms with Crippen molar-refractivity contribution in [1.29, 1.82) is 0 Å². The molecule has 2 aromatic rings. The van der Waals surface area contributed by atoms with Gasteiger partial charge in [-0.15, -0.1) is 0 Å². The van der Waals surface area contributed by atoms with Gasteiger partial charge < -0.3 is 0 Å². The van der Waals surface area contributed by atoms with Crippen molar-refractivity contribution >= 4 is 0 Å². The van der Waals surface area contributed by atoms with Gasteiger partial charge in [0.2, 0.25) is 0 Å². The average Bonchev–Trinajstić information content (AvgIpc) is 2.49. The fourth-order valence-electron chi connectivity index (χ4n) is 2.12. The Hall–Kier alpha value is -1.39. The van der Waals surface area contributed by atoms with Crippen LogP contribution in [0.15, 0.2) is 85.0 Å². The van der Waals surface area contributed by atoms with Gasteiger partial charge in [0.25, 0.3) is 0 Å². The van der Waals surface area contributed by atoms with E-state index in [0.29, 0.717) is 0 Å². The van der Waals surface area contributed by atoms with E-state index in [1.807, 2.05) is 12.1 Å². The van der Waals surface area contributed by atoms with Gasteiger partial charge in [-0.25, -0.2) is 0 Å². The van der Waals surface area contributed by atoms with Crippen LogP contribution in [-0.4, -0.2) is 0 Å². The van der Waals surface area contributed by atoms with E-state index in [2.05, 4.69) is 72.8 Å². The quantitative estimate of drug-likeness (QED) is 0.459. The third kappa shape index (κ3) is 7.25. The Labute approximate surface area is 142 Å². The van der Waals surface area contributed by atoms with E-state index >= 15 is 0 Å². The van der Waals surface area contributed by atoms with Crippen LogP contribution in [-0.2, 0) is 21.1 Å². The molecule has 0 fully saturated rings. The molecule has 0 spiro atoms. The van der Waals surface area contributed by atoms with Crippen LogP contribution >= 0.6 is 0 Å². The normalized spacial score (nSPS) is 14.7. The predicted molar refractivity (Wildman–Crippen MR) is 88.6 cm³/mol. The van der Waals surface area contributed by atoms with Crippen LogP contribution < -0.4 is 0 Å². The Morgan fingerprint density at radius 1 is 0.429 bits per heavy atom. The first-order chi connectivity index (χ1) is 9.97. The van der Waals surface area contributed by atoms with E-state index in [-0.39, 0.29) is 21.1 Å². The van der Waals surface area contributed by atoms with E-state index in [0.717, 1.165) is 0 Å². The van der Waals surface area contributed by atoms with E-state index < -0.39 is 0 Å². The van der Waals surface area contributed by atoms with E-state index in [1.54, 1.807) is 0 Å². The topological polar surface area (TPSA) is 0 Å². The molecule has 112 valence electrons. The number of hydrogen-bond acceptors (Lipinski definition) is 0. The number of rotatable bonds is 1. The second kappa shape index (κ2) is 11.3. The fourth-order valence-corrected chi connectivity index (χ4v) is 2.12. The first-order valence-corrected chi connectivity index (χ1v) is 7.37. The molecule has 1 aliphatic rings. The monoisotopic (exact) mass is 457 g/mol. The van der Waals surface area contributed by atoms with Crippen molar-refractivity contribution in [1.82, 2.24) is 0 Å². The summed E-state index contributed by atoms with van der Waals surface area (Å²) in [5.41, 5.74) is 2.55. The summed E-state index contributed by atoms with van der Waals surface area (Å²) in [6.45, 7) is 0. The molecule has 0 bridgehead atoms. The number of allylic oxidation sites excluding steroid dienone is 4. The second-order valence-corrected chi connectivity index (χ2v) is 4.83. The summed E-state index contributed by atoms with van der Waals surface area (Å²) in [6.07, 6.45) is 14.0. The molecule has 2 aromatic carbocycles. The largest absolute Gasteiger partial charge is 0.0882 e. The Bertz CT molecular complexity index is 463. The van der Waals surface area contributed by atoms with Crippen LogP contribution in [0.25, 0.3) is 11.1 Å². The number of hydrogen-bond donors (Lipinski definition) is 0.